The van der Waals surface area contributed by atoms with Crippen LogP contribution in [0.5, 0.6) is 5.75 Å². The first kappa shape index (κ1) is 22.5. The largest absolute Gasteiger partial charge is 0.483 e. The van der Waals surface area contributed by atoms with Gasteiger partial charge >= 0.3 is 12.1 Å². The van der Waals surface area contributed by atoms with Gasteiger partial charge in [-0.25, -0.2) is 0 Å². The lowest BCUT2D eigenvalue weighted by molar-refractivity contribution is -0.185. The first-order valence-corrected chi connectivity index (χ1v) is 9.84. The zero-order valence-electron chi connectivity index (χ0n) is 17.3. The normalized spacial score (nSPS) is 14.4. The maximum atomic E-state index is 12.5. The van der Waals surface area contributed by atoms with Crippen LogP contribution in [-0.2, 0) is 9.59 Å². The van der Waals surface area contributed by atoms with E-state index in [0.717, 1.165) is 21.7 Å². The Morgan fingerprint density at radius 3 is 2.23 bits per heavy atom. The minimum atomic E-state index is -4.84. The molecule has 166 valence electrons. The molecule has 1 heterocycles. The van der Waals surface area contributed by atoms with Crippen LogP contribution in [0.3, 0.4) is 0 Å². The van der Waals surface area contributed by atoms with Gasteiger partial charge in [0.2, 0.25) is 0 Å². The molecule has 6 nitrogen and oxygen atoms in total. The Balaban J connectivity index is 1.49. The molecule has 0 atom stereocenters. The number of amides is 2. The Labute approximate surface area is 178 Å². The third-order valence-electron chi connectivity index (χ3n) is 5.01. The quantitative estimate of drug-likeness (QED) is 0.781. The highest BCUT2D eigenvalue weighted by Crippen LogP contribution is 2.23. The van der Waals surface area contributed by atoms with Crippen LogP contribution in [0.25, 0.3) is 0 Å². The van der Waals surface area contributed by atoms with Crippen molar-refractivity contribution in [3.63, 3.8) is 0 Å². The fourth-order valence-electron chi connectivity index (χ4n) is 3.40. The molecule has 3 rings (SSSR count). The summed E-state index contributed by atoms with van der Waals surface area (Å²) >= 11 is 0. The van der Waals surface area contributed by atoms with Crippen molar-refractivity contribution >= 4 is 23.2 Å². The van der Waals surface area contributed by atoms with E-state index >= 15 is 0 Å². The minimum absolute atomic E-state index is 0.00654. The maximum absolute atomic E-state index is 12.5. The summed E-state index contributed by atoms with van der Waals surface area (Å²) in [6.45, 7) is 4.39. The van der Waals surface area contributed by atoms with Crippen LogP contribution in [0, 0.1) is 13.8 Å². The van der Waals surface area contributed by atoms with Crippen molar-refractivity contribution in [2.75, 3.05) is 43.0 Å². The van der Waals surface area contributed by atoms with Crippen LogP contribution < -0.4 is 15.0 Å². The summed E-state index contributed by atoms with van der Waals surface area (Å²) in [4.78, 5) is 26.2. The van der Waals surface area contributed by atoms with Crippen molar-refractivity contribution in [2.24, 2.45) is 0 Å². The number of alkyl halides is 3. The molecule has 0 bridgehead atoms. The van der Waals surface area contributed by atoms with Crippen LogP contribution in [-0.4, -0.2) is 55.7 Å². The number of nitrogens with one attached hydrogen (secondary N) is 1. The monoisotopic (exact) mass is 435 g/mol. The molecule has 1 aliphatic heterocycles. The second-order valence-corrected chi connectivity index (χ2v) is 7.43. The van der Waals surface area contributed by atoms with Gasteiger partial charge in [0.1, 0.15) is 5.75 Å². The molecular formula is C22H24F3N3O3. The van der Waals surface area contributed by atoms with Gasteiger partial charge in [0.05, 0.1) is 0 Å². The minimum Gasteiger partial charge on any atom is -0.483 e. The molecule has 0 saturated carbocycles. The van der Waals surface area contributed by atoms with Crippen LogP contribution in [0.2, 0.25) is 0 Å². The first-order chi connectivity index (χ1) is 14.6. The number of benzene rings is 2. The Hall–Kier alpha value is -3.23. The van der Waals surface area contributed by atoms with Gasteiger partial charge in [-0.15, -0.1) is 0 Å². The number of rotatable bonds is 5. The van der Waals surface area contributed by atoms with E-state index in [1.165, 1.54) is 0 Å². The number of ether oxygens (including phenoxy) is 1. The molecule has 1 fully saturated rings. The molecule has 0 spiro atoms. The van der Waals surface area contributed by atoms with E-state index in [2.05, 4.69) is 5.32 Å². The number of hydrogen-bond donors (Lipinski definition) is 1. The standard InChI is InChI=1S/C22H24F3N3O3/c1-15-3-8-19(16(2)13-15)31-14-20(29)26-17-4-6-18(7-5-17)27-9-11-28(12-10-27)21(30)22(23,24)25/h3-8,13H,9-12,14H2,1-2H3,(H,26,29). The average Bonchev–Trinajstić information content (AvgIpc) is 2.72. The lowest BCUT2D eigenvalue weighted by Crippen LogP contribution is -2.52. The Kier molecular flexibility index (Phi) is 6.72. The predicted octanol–water partition coefficient (Wildman–Crippen LogP) is 3.53. The van der Waals surface area contributed by atoms with Gasteiger partial charge in [0, 0.05) is 37.6 Å². The van der Waals surface area contributed by atoms with E-state index in [1.54, 1.807) is 24.3 Å². The second kappa shape index (κ2) is 9.28. The summed E-state index contributed by atoms with van der Waals surface area (Å²) < 4.78 is 43.2. The Bertz CT molecular complexity index is 937. The number of carbonyl (C=O) groups excluding carboxylic acids is 2. The average molecular weight is 435 g/mol. The number of nitrogens with zero attached hydrogens (tertiary/aromatic N) is 2. The van der Waals surface area contributed by atoms with Crippen molar-refractivity contribution in [3.8, 4) is 5.75 Å². The van der Waals surface area contributed by atoms with E-state index in [4.69, 9.17) is 4.74 Å². The zero-order valence-corrected chi connectivity index (χ0v) is 17.3. The summed E-state index contributed by atoms with van der Waals surface area (Å²) in [7, 11) is 0. The molecule has 1 saturated heterocycles. The molecule has 1 N–H and O–H groups in total. The molecule has 31 heavy (non-hydrogen) atoms. The van der Waals surface area contributed by atoms with Gasteiger partial charge in [-0.2, -0.15) is 13.2 Å². The summed E-state index contributed by atoms with van der Waals surface area (Å²) in [6.07, 6.45) is -4.84. The topological polar surface area (TPSA) is 61.9 Å². The number of aryl methyl sites for hydroxylation is 2. The van der Waals surface area contributed by atoms with Gasteiger partial charge in [-0.3, -0.25) is 9.59 Å². The van der Waals surface area contributed by atoms with Gasteiger partial charge in [-0.05, 0) is 49.7 Å². The first-order valence-electron chi connectivity index (χ1n) is 9.84. The van der Waals surface area contributed by atoms with E-state index in [1.807, 2.05) is 36.9 Å². The predicted molar refractivity (Wildman–Crippen MR) is 111 cm³/mol. The number of halogens is 3. The van der Waals surface area contributed by atoms with Crippen molar-refractivity contribution in [3.05, 3.63) is 53.6 Å². The van der Waals surface area contributed by atoms with E-state index < -0.39 is 12.1 Å². The van der Waals surface area contributed by atoms with Crippen molar-refractivity contribution in [1.82, 2.24) is 4.90 Å². The highest BCUT2D eigenvalue weighted by atomic mass is 19.4. The van der Waals surface area contributed by atoms with Crippen molar-refractivity contribution in [2.45, 2.75) is 20.0 Å². The zero-order chi connectivity index (χ0) is 22.6. The molecule has 0 unspecified atom stereocenters. The van der Waals surface area contributed by atoms with Gasteiger partial charge in [0.25, 0.3) is 5.91 Å². The van der Waals surface area contributed by atoms with E-state index in [0.29, 0.717) is 24.5 Å². The summed E-state index contributed by atoms with van der Waals surface area (Å²) in [5.41, 5.74) is 3.46. The fourth-order valence-corrected chi connectivity index (χ4v) is 3.40. The maximum Gasteiger partial charge on any atom is 0.471 e. The molecule has 2 amide bonds. The van der Waals surface area contributed by atoms with Gasteiger partial charge in [-0.1, -0.05) is 17.7 Å². The molecule has 0 aromatic heterocycles. The highest BCUT2D eigenvalue weighted by molar-refractivity contribution is 5.92. The number of piperazine rings is 1. The number of anilines is 2. The van der Waals surface area contributed by atoms with Crippen molar-refractivity contribution in [1.29, 1.82) is 0 Å². The van der Waals surface area contributed by atoms with Crippen LogP contribution >= 0.6 is 0 Å². The van der Waals surface area contributed by atoms with Gasteiger partial charge in [0.15, 0.2) is 6.61 Å². The van der Waals surface area contributed by atoms with Crippen LogP contribution in [0.4, 0.5) is 24.5 Å². The molecule has 0 radical (unpaired) electrons. The fraction of sp³-hybridized carbons (Fsp3) is 0.364. The molecule has 9 heteroatoms. The SMILES string of the molecule is Cc1ccc(OCC(=O)Nc2ccc(N3CCN(C(=O)C(F)(F)F)CC3)cc2)c(C)c1. The highest BCUT2D eigenvalue weighted by Gasteiger charge is 2.43. The third kappa shape index (κ3) is 5.90. The Morgan fingerprint density at radius 1 is 1.00 bits per heavy atom. The number of hydrogen-bond acceptors (Lipinski definition) is 4. The number of carbonyl (C=O) groups is 2. The molecule has 2 aromatic rings. The molecular weight excluding hydrogens is 411 g/mol. The van der Waals surface area contributed by atoms with E-state index in [-0.39, 0.29) is 25.6 Å². The van der Waals surface area contributed by atoms with Gasteiger partial charge < -0.3 is 19.9 Å². The molecule has 0 aliphatic carbocycles. The smallest absolute Gasteiger partial charge is 0.471 e. The lowest BCUT2D eigenvalue weighted by atomic mass is 10.1. The third-order valence-corrected chi connectivity index (χ3v) is 5.01. The second-order valence-electron chi connectivity index (χ2n) is 7.43. The Morgan fingerprint density at radius 2 is 1.65 bits per heavy atom. The summed E-state index contributed by atoms with van der Waals surface area (Å²) in [5.74, 6) is -1.44. The lowest BCUT2D eigenvalue weighted by Gasteiger charge is -2.36. The molecule has 1 aliphatic rings. The van der Waals surface area contributed by atoms with Crippen molar-refractivity contribution < 1.29 is 27.5 Å². The summed E-state index contributed by atoms with van der Waals surface area (Å²) in [5, 5.41) is 2.75. The summed E-state index contributed by atoms with van der Waals surface area (Å²) in [6, 6.07) is 12.7. The molecule has 2 aromatic carbocycles. The van der Waals surface area contributed by atoms with E-state index in [9.17, 15) is 22.8 Å². The van der Waals surface area contributed by atoms with Crippen LogP contribution in [0.1, 0.15) is 11.1 Å². The van der Waals surface area contributed by atoms with Crippen LogP contribution in [0.15, 0.2) is 42.5 Å².